The van der Waals surface area contributed by atoms with Crippen molar-refractivity contribution in [1.82, 2.24) is 5.32 Å². The zero-order valence-electron chi connectivity index (χ0n) is 17.0. The summed E-state index contributed by atoms with van der Waals surface area (Å²) in [5, 5.41) is 3.10. The van der Waals surface area contributed by atoms with E-state index in [0.29, 0.717) is 17.6 Å². The number of amides is 1. The Bertz CT molecular complexity index is 705. The van der Waals surface area contributed by atoms with E-state index in [1.165, 1.54) is 5.56 Å². The summed E-state index contributed by atoms with van der Waals surface area (Å²) < 4.78 is 10.9. The van der Waals surface area contributed by atoms with Crippen LogP contribution in [0.5, 0.6) is 11.5 Å². The molecule has 0 bridgehead atoms. The Balaban J connectivity index is 1.96. The van der Waals surface area contributed by atoms with E-state index in [-0.39, 0.29) is 18.6 Å². The van der Waals surface area contributed by atoms with Crippen LogP contribution in [0.4, 0.5) is 0 Å². The molecule has 0 aliphatic carbocycles. The number of hydrogen-bond acceptors (Lipinski definition) is 3. The highest BCUT2D eigenvalue weighted by molar-refractivity contribution is 5.78. The number of nitrogens with one attached hydrogen (secondary N) is 1. The van der Waals surface area contributed by atoms with Crippen LogP contribution in [0.1, 0.15) is 57.2 Å². The van der Waals surface area contributed by atoms with Crippen LogP contribution in [0, 0.1) is 5.92 Å². The van der Waals surface area contributed by atoms with Gasteiger partial charge in [-0.1, -0.05) is 52.0 Å². The van der Waals surface area contributed by atoms with Crippen LogP contribution in [0.3, 0.4) is 0 Å². The zero-order valence-corrected chi connectivity index (χ0v) is 17.0. The van der Waals surface area contributed by atoms with Crippen molar-refractivity contribution in [3.05, 3.63) is 59.7 Å². The smallest absolute Gasteiger partial charge is 0.258 e. The topological polar surface area (TPSA) is 47.6 Å². The Hall–Kier alpha value is -2.49. The van der Waals surface area contributed by atoms with E-state index >= 15 is 0 Å². The standard InChI is InChI=1S/C23H31NO3/c1-16(2)14-22(19-8-10-20(26-5)11-9-19)24-23(25)15-27-21-12-6-18(7-13-21)17(3)4/h6-13,16-17,22H,14-15H2,1-5H3,(H,24,25)/t22-/m1/s1. The molecule has 0 aliphatic rings. The van der Waals surface area contributed by atoms with Gasteiger partial charge in [0.15, 0.2) is 6.61 Å². The van der Waals surface area contributed by atoms with E-state index < -0.39 is 0 Å². The maximum atomic E-state index is 12.4. The Labute approximate surface area is 162 Å². The predicted octanol–water partition coefficient (Wildman–Crippen LogP) is 5.10. The average Bonchev–Trinajstić information content (AvgIpc) is 2.66. The Kier molecular flexibility index (Phi) is 7.71. The van der Waals surface area contributed by atoms with Gasteiger partial charge >= 0.3 is 0 Å². The second-order valence-corrected chi connectivity index (χ2v) is 7.54. The first-order valence-corrected chi connectivity index (χ1v) is 9.55. The fourth-order valence-corrected chi connectivity index (χ4v) is 2.92. The Morgan fingerprint density at radius 3 is 1.96 bits per heavy atom. The van der Waals surface area contributed by atoms with E-state index in [4.69, 9.17) is 9.47 Å². The van der Waals surface area contributed by atoms with E-state index in [1.54, 1.807) is 7.11 Å². The van der Waals surface area contributed by atoms with Gasteiger partial charge in [-0.2, -0.15) is 0 Å². The van der Waals surface area contributed by atoms with Gasteiger partial charge in [-0.3, -0.25) is 4.79 Å². The average molecular weight is 370 g/mol. The van der Waals surface area contributed by atoms with Crippen molar-refractivity contribution in [1.29, 1.82) is 0 Å². The number of carbonyl (C=O) groups is 1. The highest BCUT2D eigenvalue weighted by Crippen LogP contribution is 2.24. The van der Waals surface area contributed by atoms with Gasteiger partial charge in [-0.15, -0.1) is 0 Å². The highest BCUT2D eigenvalue weighted by atomic mass is 16.5. The number of hydrogen-bond donors (Lipinski definition) is 1. The normalized spacial score (nSPS) is 12.1. The number of methoxy groups -OCH3 is 1. The third kappa shape index (κ3) is 6.63. The fourth-order valence-electron chi connectivity index (χ4n) is 2.92. The molecule has 0 spiro atoms. The first-order valence-electron chi connectivity index (χ1n) is 9.55. The predicted molar refractivity (Wildman–Crippen MR) is 109 cm³/mol. The molecule has 27 heavy (non-hydrogen) atoms. The molecule has 2 aromatic rings. The molecule has 0 heterocycles. The van der Waals surface area contributed by atoms with Crippen molar-refractivity contribution in [2.24, 2.45) is 5.92 Å². The molecule has 0 saturated carbocycles. The summed E-state index contributed by atoms with van der Waals surface area (Å²) in [5.41, 5.74) is 2.32. The molecule has 0 fully saturated rings. The van der Waals surface area contributed by atoms with Crippen molar-refractivity contribution in [3.8, 4) is 11.5 Å². The summed E-state index contributed by atoms with van der Waals surface area (Å²) in [4.78, 5) is 12.4. The summed E-state index contributed by atoms with van der Waals surface area (Å²) >= 11 is 0. The van der Waals surface area contributed by atoms with Crippen LogP contribution in [0.2, 0.25) is 0 Å². The van der Waals surface area contributed by atoms with E-state index in [9.17, 15) is 4.79 Å². The minimum absolute atomic E-state index is 0.00573. The molecule has 1 N–H and O–H groups in total. The van der Waals surface area contributed by atoms with Gasteiger partial charge in [-0.25, -0.2) is 0 Å². The third-order valence-electron chi connectivity index (χ3n) is 4.48. The monoisotopic (exact) mass is 369 g/mol. The van der Waals surface area contributed by atoms with E-state index in [1.807, 2.05) is 48.5 Å². The van der Waals surface area contributed by atoms with E-state index in [0.717, 1.165) is 17.7 Å². The molecule has 146 valence electrons. The molecule has 0 unspecified atom stereocenters. The lowest BCUT2D eigenvalue weighted by molar-refractivity contribution is -0.124. The molecule has 0 aliphatic heterocycles. The summed E-state index contributed by atoms with van der Waals surface area (Å²) in [6.45, 7) is 8.60. The van der Waals surface area contributed by atoms with Crippen LogP contribution < -0.4 is 14.8 Å². The van der Waals surface area contributed by atoms with Gasteiger partial charge in [0.25, 0.3) is 5.91 Å². The second kappa shape index (κ2) is 10.0. The zero-order chi connectivity index (χ0) is 19.8. The quantitative estimate of drug-likeness (QED) is 0.669. The lowest BCUT2D eigenvalue weighted by Gasteiger charge is -2.21. The molecular formula is C23H31NO3. The number of rotatable bonds is 9. The number of benzene rings is 2. The van der Waals surface area contributed by atoms with E-state index in [2.05, 4.69) is 33.0 Å². The van der Waals surface area contributed by atoms with Gasteiger partial charge < -0.3 is 14.8 Å². The molecule has 1 atom stereocenters. The van der Waals surface area contributed by atoms with Crippen molar-refractivity contribution in [2.45, 2.75) is 46.1 Å². The van der Waals surface area contributed by atoms with Crippen LogP contribution in [-0.2, 0) is 4.79 Å². The minimum atomic E-state index is -0.121. The summed E-state index contributed by atoms with van der Waals surface area (Å²) in [5.74, 6) is 2.33. The molecule has 2 rings (SSSR count). The summed E-state index contributed by atoms with van der Waals surface area (Å²) in [6, 6.07) is 15.7. The van der Waals surface area contributed by atoms with Crippen molar-refractivity contribution >= 4 is 5.91 Å². The first-order chi connectivity index (χ1) is 12.9. The molecule has 0 aromatic heterocycles. The fraction of sp³-hybridized carbons (Fsp3) is 0.435. The van der Waals surface area contributed by atoms with Crippen LogP contribution in [0.15, 0.2) is 48.5 Å². The van der Waals surface area contributed by atoms with Crippen LogP contribution in [-0.4, -0.2) is 19.6 Å². The summed E-state index contributed by atoms with van der Waals surface area (Å²) in [6.07, 6.45) is 0.862. The molecule has 0 radical (unpaired) electrons. The lowest BCUT2D eigenvalue weighted by Crippen LogP contribution is -2.33. The number of carbonyl (C=O) groups excluding carboxylic acids is 1. The molecule has 1 amide bonds. The SMILES string of the molecule is COc1ccc([C@@H](CC(C)C)NC(=O)COc2ccc(C(C)C)cc2)cc1. The lowest BCUT2D eigenvalue weighted by atomic mass is 9.97. The molecular weight excluding hydrogens is 338 g/mol. The van der Waals surface area contributed by atoms with Gasteiger partial charge in [0.1, 0.15) is 11.5 Å². The molecule has 4 heteroatoms. The number of ether oxygens (including phenoxy) is 2. The van der Waals surface area contributed by atoms with Crippen molar-refractivity contribution in [3.63, 3.8) is 0 Å². The second-order valence-electron chi connectivity index (χ2n) is 7.54. The molecule has 2 aromatic carbocycles. The summed E-state index contributed by atoms with van der Waals surface area (Å²) in [7, 11) is 1.65. The van der Waals surface area contributed by atoms with Gasteiger partial charge in [0.2, 0.25) is 0 Å². The van der Waals surface area contributed by atoms with Gasteiger partial charge in [0.05, 0.1) is 13.2 Å². The van der Waals surface area contributed by atoms with Gasteiger partial charge in [-0.05, 0) is 53.6 Å². The highest BCUT2D eigenvalue weighted by Gasteiger charge is 2.17. The third-order valence-corrected chi connectivity index (χ3v) is 4.48. The Morgan fingerprint density at radius 1 is 0.889 bits per heavy atom. The van der Waals surface area contributed by atoms with Crippen molar-refractivity contribution in [2.75, 3.05) is 13.7 Å². The molecule has 4 nitrogen and oxygen atoms in total. The Morgan fingerprint density at radius 2 is 1.44 bits per heavy atom. The minimum Gasteiger partial charge on any atom is -0.497 e. The molecule has 0 saturated heterocycles. The largest absolute Gasteiger partial charge is 0.497 e. The first kappa shape index (κ1) is 20.8. The maximum Gasteiger partial charge on any atom is 0.258 e. The van der Waals surface area contributed by atoms with Crippen molar-refractivity contribution < 1.29 is 14.3 Å². The van der Waals surface area contributed by atoms with Crippen LogP contribution in [0.25, 0.3) is 0 Å². The van der Waals surface area contributed by atoms with Gasteiger partial charge in [0, 0.05) is 0 Å². The maximum absolute atomic E-state index is 12.4. The van der Waals surface area contributed by atoms with Crippen LogP contribution >= 0.6 is 0 Å².